The van der Waals surface area contributed by atoms with E-state index in [4.69, 9.17) is 11.6 Å². The summed E-state index contributed by atoms with van der Waals surface area (Å²) in [6.45, 7) is 0.621. The molecule has 1 atom stereocenters. The van der Waals surface area contributed by atoms with Gasteiger partial charge in [-0.15, -0.1) is 0 Å². The second kappa shape index (κ2) is 9.82. The van der Waals surface area contributed by atoms with Crippen molar-refractivity contribution in [2.75, 3.05) is 6.54 Å². The van der Waals surface area contributed by atoms with Gasteiger partial charge in [0.2, 0.25) is 5.91 Å². The van der Waals surface area contributed by atoms with Crippen LogP contribution in [0.1, 0.15) is 36.4 Å². The maximum atomic E-state index is 12.6. The number of unbranched alkanes of at least 4 members (excludes halogenated alkanes) is 1. The van der Waals surface area contributed by atoms with Crippen LogP contribution >= 0.6 is 0 Å². The van der Waals surface area contributed by atoms with Crippen LogP contribution in [0, 0.1) is 0 Å². The molecule has 0 saturated heterocycles. The summed E-state index contributed by atoms with van der Waals surface area (Å²) in [6, 6.07) is 19.2. The van der Waals surface area contributed by atoms with Crippen LogP contribution in [0.5, 0.6) is 0 Å². The van der Waals surface area contributed by atoms with E-state index in [9.17, 15) is 4.79 Å². The summed E-state index contributed by atoms with van der Waals surface area (Å²) < 4.78 is 0. The highest BCUT2D eigenvalue weighted by Crippen LogP contribution is 2.22. The number of hydrazine groups is 1. The Morgan fingerprint density at radius 3 is 1.92 bits per heavy atom. The van der Waals surface area contributed by atoms with Crippen molar-refractivity contribution in [2.24, 2.45) is 11.6 Å². The van der Waals surface area contributed by atoms with Crippen molar-refractivity contribution in [1.82, 2.24) is 10.7 Å². The molecule has 24 heavy (non-hydrogen) atoms. The molecule has 0 aliphatic heterocycles. The zero-order valence-electron chi connectivity index (χ0n) is 13.8. The van der Waals surface area contributed by atoms with Gasteiger partial charge in [0, 0.05) is 0 Å². The normalized spacial score (nSPS) is 12.1. The average Bonchev–Trinajstić information content (AvgIpc) is 2.64. The van der Waals surface area contributed by atoms with Crippen molar-refractivity contribution in [2.45, 2.75) is 31.3 Å². The summed E-state index contributed by atoms with van der Waals surface area (Å²) in [7, 11) is 0. The number of hydrogen-bond acceptors (Lipinski definition) is 4. The maximum absolute atomic E-state index is 12.6. The first-order valence-corrected chi connectivity index (χ1v) is 8.32. The van der Waals surface area contributed by atoms with E-state index in [2.05, 4.69) is 10.7 Å². The SMILES string of the molecule is NCCCCC(NN)C(=O)NC(c1ccccc1)c1ccccc1. The zero-order valence-corrected chi connectivity index (χ0v) is 13.8. The molecule has 2 aromatic carbocycles. The highest BCUT2D eigenvalue weighted by Gasteiger charge is 2.22. The molecule has 0 radical (unpaired) electrons. The van der Waals surface area contributed by atoms with Crippen LogP contribution in [0.15, 0.2) is 60.7 Å². The Bertz CT molecular complexity index is 564. The molecule has 0 aliphatic rings. The first-order valence-electron chi connectivity index (χ1n) is 8.32. The summed E-state index contributed by atoms with van der Waals surface area (Å²) in [5.74, 6) is 5.46. The summed E-state index contributed by atoms with van der Waals surface area (Å²) in [4.78, 5) is 12.6. The highest BCUT2D eigenvalue weighted by atomic mass is 16.2. The maximum Gasteiger partial charge on any atom is 0.239 e. The Hall–Kier alpha value is -2.21. The molecule has 1 unspecified atom stereocenters. The monoisotopic (exact) mass is 326 g/mol. The molecule has 2 rings (SSSR count). The molecule has 0 aromatic heterocycles. The molecule has 0 heterocycles. The third-order valence-corrected chi connectivity index (χ3v) is 4.02. The largest absolute Gasteiger partial charge is 0.344 e. The summed E-state index contributed by atoms with van der Waals surface area (Å²) in [5.41, 5.74) is 10.2. The fourth-order valence-corrected chi connectivity index (χ4v) is 2.68. The van der Waals surface area contributed by atoms with Crippen LogP contribution in [-0.2, 0) is 4.79 Å². The topological polar surface area (TPSA) is 93.2 Å². The van der Waals surface area contributed by atoms with E-state index in [1.165, 1.54) is 0 Å². The lowest BCUT2D eigenvalue weighted by Crippen LogP contribution is -2.48. The molecule has 0 aliphatic carbocycles. The predicted octanol–water partition coefficient (Wildman–Crippen LogP) is 1.85. The number of nitrogens with one attached hydrogen (secondary N) is 2. The quantitative estimate of drug-likeness (QED) is 0.321. The minimum atomic E-state index is -0.425. The molecule has 0 bridgehead atoms. The molecule has 1 amide bonds. The molecule has 5 nitrogen and oxygen atoms in total. The Kier molecular flexibility index (Phi) is 7.42. The molecule has 128 valence electrons. The molecule has 0 fully saturated rings. The fourth-order valence-electron chi connectivity index (χ4n) is 2.68. The van der Waals surface area contributed by atoms with E-state index < -0.39 is 6.04 Å². The highest BCUT2D eigenvalue weighted by molar-refractivity contribution is 5.82. The van der Waals surface area contributed by atoms with Gasteiger partial charge in [-0.1, -0.05) is 67.1 Å². The van der Waals surface area contributed by atoms with E-state index >= 15 is 0 Å². The van der Waals surface area contributed by atoms with Gasteiger partial charge in [0.05, 0.1) is 12.1 Å². The Balaban J connectivity index is 2.14. The third kappa shape index (κ3) is 5.16. The molecular formula is C19H26N4O. The fraction of sp³-hybridized carbons (Fsp3) is 0.316. The number of rotatable bonds is 9. The Labute approximate surface area is 143 Å². The van der Waals surface area contributed by atoms with Gasteiger partial charge in [0.15, 0.2) is 0 Å². The summed E-state index contributed by atoms with van der Waals surface area (Å²) in [6.07, 6.45) is 2.40. The summed E-state index contributed by atoms with van der Waals surface area (Å²) in [5, 5.41) is 3.11. The lowest BCUT2D eigenvalue weighted by Gasteiger charge is -2.23. The van der Waals surface area contributed by atoms with Gasteiger partial charge < -0.3 is 11.1 Å². The number of amides is 1. The first-order chi connectivity index (χ1) is 11.8. The van der Waals surface area contributed by atoms with Gasteiger partial charge >= 0.3 is 0 Å². The van der Waals surface area contributed by atoms with Crippen LogP contribution in [-0.4, -0.2) is 18.5 Å². The predicted molar refractivity (Wildman–Crippen MR) is 96.9 cm³/mol. The second-order valence-corrected chi connectivity index (χ2v) is 5.77. The van der Waals surface area contributed by atoms with E-state index in [1.807, 2.05) is 60.7 Å². The first kappa shape index (κ1) is 18.1. The number of hydrogen-bond donors (Lipinski definition) is 4. The third-order valence-electron chi connectivity index (χ3n) is 4.02. The molecular weight excluding hydrogens is 300 g/mol. The number of nitrogens with two attached hydrogens (primary N) is 2. The van der Waals surface area contributed by atoms with Crippen molar-refractivity contribution < 1.29 is 4.79 Å². The lowest BCUT2D eigenvalue weighted by molar-refractivity contribution is -0.123. The molecule has 0 spiro atoms. The smallest absolute Gasteiger partial charge is 0.239 e. The van der Waals surface area contributed by atoms with Crippen molar-refractivity contribution in [3.63, 3.8) is 0 Å². The van der Waals surface area contributed by atoms with Crippen LogP contribution in [0.3, 0.4) is 0 Å². The summed E-state index contributed by atoms with van der Waals surface area (Å²) >= 11 is 0. The van der Waals surface area contributed by atoms with Gasteiger partial charge in [0.1, 0.15) is 0 Å². The molecule has 0 saturated carbocycles. The standard InChI is InChI=1S/C19H26N4O/c20-14-8-7-13-17(23-21)19(24)22-18(15-9-3-1-4-10-15)16-11-5-2-6-12-16/h1-6,9-12,17-18,23H,7-8,13-14,20-21H2,(H,22,24). The van der Waals surface area contributed by atoms with Crippen LogP contribution in [0.25, 0.3) is 0 Å². The zero-order chi connectivity index (χ0) is 17.2. The minimum Gasteiger partial charge on any atom is -0.344 e. The molecule has 2 aromatic rings. The van der Waals surface area contributed by atoms with E-state index in [0.29, 0.717) is 13.0 Å². The van der Waals surface area contributed by atoms with Crippen LogP contribution in [0.2, 0.25) is 0 Å². The minimum absolute atomic E-state index is 0.104. The van der Waals surface area contributed by atoms with Gasteiger partial charge in [0.25, 0.3) is 0 Å². The Morgan fingerprint density at radius 2 is 1.46 bits per heavy atom. The Morgan fingerprint density at radius 1 is 0.917 bits per heavy atom. The van der Waals surface area contributed by atoms with E-state index in [1.54, 1.807) is 0 Å². The van der Waals surface area contributed by atoms with Crippen molar-refractivity contribution >= 4 is 5.91 Å². The van der Waals surface area contributed by atoms with Gasteiger partial charge in [-0.2, -0.15) is 0 Å². The van der Waals surface area contributed by atoms with Crippen LogP contribution in [0.4, 0.5) is 0 Å². The van der Waals surface area contributed by atoms with E-state index in [0.717, 1.165) is 24.0 Å². The van der Waals surface area contributed by atoms with E-state index in [-0.39, 0.29) is 11.9 Å². The van der Waals surface area contributed by atoms with Crippen molar-refractivity contribution in [3.05, 3.63) is 71.8 Å². The van der Waals surface area contributed by atoms with Crippen molar-refractivity contribution in [3.8, 4) is 0 Å². The second-order valence-electron chi connectivity index (χ2n) is 5.77. The lowest BCUT2D eigenvalue weighted by atomic mass is 9.98. The number of carbonyl (C=O) groups is 1. The van der Waals surface area contributed by atoms with Gasteiger partial charge in [-0.3, -0.25) is 10.6 Å². The van der Waals surface area contributed by atoms with Gasteiger partial charge in [-0.25, -0.2) is 5.43 Å². The number of carbonyl (C=O) groups excluding carboxylic acids is 1. The van der Waals surface area contributed by atoms with Crippen molar-refractivity contribution in [1.29, 1.82) is 0 Å². The average molecular weight is 326 g/mol. The number of benzene rings is 2. The van der Waals surface area contributed by atoms with Crippen LogP contribution < -0.4 is 22.3 Å². The van der Waals surface area contributed by atoms with Gasteiger partial charge in [-0.05, 0) is 30.5 Å². The molecule has 6 N–H and O–H groups in total. The molecule has 5 heteroatoms.